The first-order valence-corrected chi connectivity index (χ1v) is 8.66. The molecule has 0 radical (unpaired) electrons. The number of rotatable bonds is 5. The van der Waals surface area contributed by atoms with Gasteiger partial charge < -0.3 is 20.0 Å². The number of amides is 1. The molecule has 136 valence electrons. The molecule has 0 saturated heterocycles. The molecule has 3 N–H and O–H groups in total. The number of anilines is 1. The highest BCUT2D eigenvalue weighted by atomic mass is 35.5. The van der Waals surface area contributed by atoms with Gasteiger partial charge in [-0.15, -0.1) is 0 Å². The number of hydrogen-bond acceptors (Lipinski definition) is 3. The molecule has 1 heterocycles. The second-order valence-corrected chi connectivity index (χ2v) is 6.88. The molecule has 1 amide bonds. The van der Waals surface area contributed by atoms with Crippen LogP contribution in [0.4, 0.5) is 5.69 Å². The van der Waals surface area contributed by atoms with Gasteiger partial charge in [0.25, 0.3) is 5.91 Å². The van der Waals surface area contributed by atoms with Crippen LogP contribution in [0.5, 0.6) is 5.75 Å². The summed E-state index contributed by atoms with van der Waals surface area (Å²) in [5.74, 6) is 0.589. The average molecular weight is 374 g/mol. The molecule has 0 unspecified atom stereocenters. The van der Waals surface area contributed by atoms with Crippen molar-refractivity contribution >= 4 is 34.2 Å². The van der Waals surface area contributed by atoms with Crippen molar-refractivity contribution in [1.29, 1.82) is 0 Å². The lowest BCUT2D eigenvalue weighted by Crippen LogP contribution is -2.20. The van der Waals surface area contributed by atoms with E-state index in [2.05, 4.69) is 15.3 Å². The second-order valence-electron chi connectivity index (χ2n) is 6.47. The van der Waals surface area contributed by atoms with E-state index in [0.717, 1.165) is 11.1 Å². The fourth-order valence-corrected chi connectivity index (χ4v) is 2.87. The fraction of sp³-hybridized carbons (Fsp3) is 0.263. The third-order valence-electron chi connectivity index (χ3n) is 4.07. The summed E-state index contributed by atoms with van der Waals surface area (Å²) in [7, 11) is 0. The van der Waals surface area contributed by atoms with E-state index in [-0.39, 0.29) is 24.1 Å². The molecule has 0 saturated carbocycles. The summed E-state index contributed by atoms with van der Waals surface area (Å²) < 4.78 is 5.73. The standard InChI is InChI=1S/C19H20ClN3O3/c1-10(2)13-8-14(20)11(3)6-17(13)26-9-18(24)21-12-4-5-15-16(7-12)23-19(25)22-15/h4-8,10H,9H2,1-3H3,(H,21,24)(H2,22,23,25). The predicted octanol–water partition coefficient (Wildman–Crippen LogP) is 3.96. The van der Waals surface area contributed by atoms with Crippen LogP contribution in [0.2, 0.25) is 5.02 Å². The number of aromatic nitrogens is 2. The number of imidazole rings is 1. The number of aromatic amines is 2. The molecular formula is C19H20ClN3O3. The molecule has 0 aliphatic carbocycles. The maximum absolute atomic E-state index is 12.2. The number of H-pyrrole nitrogens is 2. The van der Waals surface area contributed by atoms with Crippen molar-refractivity contribution in [3.8, 4) is 5.75 Å². The third-order valence-corrected chi connectivity index (χ3v) is 4.48. The van der Waals surface area contributed by atoms with E-state index in [1.54, 1.807) is 18.2 Å². The number of aryl methyl sites for hydroxylation is 1. The lowest BCUT2D eigenvalue weighted by atomic mass is 10.0. The van der Waals surface area contributed by atoms with Crippen molar-refractivity contribution in [1.82, 2.24) is 9.97 Å². The Morgan fingerprint density at radius 1 is 1.19 bits per heavy atom. The third kappa shape index (κ3) is 3.91. The van der Waals surface area contributed by atoms with Crippen molar-refractivity contribution in [3.05, 3.63) is 57.0 Å². The SMILES string of the molecule is Cc1cc(OCC(=O)Nc2ccc3[nH]c(=O)[nH]c3c2)c(C(C)C)cc1Cl. The molecule has 3 aromatic rings. The maximum atomic E-state index is 12.2. The molecule has 0 atom stereocenters. The van der Waals surface area contributed by atoms with Gasteiger partial charge in [-0.25, -0.2) is 4.79 Å². The van der Waals surface area contributed by atoms with Crippen LogP contribution in [0.15, 0.2) is 35.1 Å². The molecule has 0 aliphatic rings. The number of benzene rings is 2. The summed E-state index contributed by atoms with van der Waals surface area (Å²) in [5, 5.41) is 3.44. The Labute approximate surface area is 155 Å². The predicted molar refractivity (Wildman–Crippen MR) is 103 cm³/mol. The highest BCUT2D eigenvalue weighted by molar-refractivity contribution is 6.31. The molecule has 0 spiro atoms. The number of halogens is 1. The summed E-state index contributed by atoms with van der Waals surface area (Å²) in [6.45, 7) is 5.86. The van der Waals surface area contributed by atoms with Crippen molar-refractivity contribution in [2.75, 3.05) is 11.9 Å². The van der Waals surface area contributed by atoms with Crippen molar-refractivity contribution in [2.24, 2.45) is 0 Å². The van der Waals surface area contributed by atoms with E-state index in [1.807, 2.05) is 32.9 Å². The monoisotopic (exact) mass is 373 g/mol. The highest BCUT2D eigenvalue weighted by Crippen LogP contribution is 2.32. The first-order valence-electron chi connectivity index (χ1n) is 8.28. The van der Waals surface area contributed by atoms with Crippen LogP contribution < -0.4 is 15.7 Å². The van der Waals surface area contributed by atoms with Gasteiger partial charge in [0.1, 0.15) is 5.75 Å². The smallest absolute Gasteiger partial charge is 0.323 e. The van der Waals surface area contributed by atoms with Gasteiger partial charge >= 0.3 is 5.69 Å². The van der Waals surface area contributed by atoms with E-state index >= 15 is 0 Å². The molecule has 0 fully saturated rings. The average Bonchev–Trinajstić information content (AvgIpc) is 2.94. The summed E-state index contributed by atoms with van der Waals surface area (Å²) in [5.41, 5.74) is 3.46. The zero-order chi connectivity index (χ0) is 18.8. The highest BCUT2D eigenvalue weighted by Gasteiger charge is 2.13. The summed E-state index contributed by atoms with van der Waals surface area (Å²) >= 11 is 6.19. The van der Waals surface area contributed by atoms with Gasteiger partial charge in [-0.05, 0) is 54.3 Å². The number of carbonyl (C=O) groups excluding carboxylic acids is 1. The minimum absolute atomic E-state index is 0.123. The van der Waals surface area contributed by atoms with Gasteiger partial charge in [-0.1, -0.05) is 25.4 Å². The molecule has 0 aliphatic heterocycles. The van der Waals surface area contributed by atoms with Crippen LogP contribution in [0.3, 0.4) is 0 Å². The van der Waals surface area contributed by atoms with Gasteiger partial charge in [0, 0.05) is 10.7 Å². The Morgan fingerprint density at radius 3 is 2.65 bits per heavy atom. The van der Waals surface area contributed by atoms with Crippen molar-refractivity contribution in [2.45, 2.75) is 26.7 Å². The lowest BCUT2D eigenvalue weighted by Gasteiger charge is -2.16. The topological polar surface area (TPSA) is 87.0 Å². The van der Waals surface area contributed by atoms with E-state index < -0.39 is 0 Å². The van der Waals surface area contributed by atoms with Gasteiger partial charge in [0.05, 0.1) is 11.0 Å². The van der Waals surface area contributed by atoms with Crippen LogP contribution in [0.25, 0.3) is 11.0 Å². The number of ether oxygens (including phenoxy) is 1. The van der Waals surface area contributed by atoms with Crippen LogP contribution in [-0.4, -0.2) is 22.5 Å². The molecular weight excluding hydrogens is 354 g/mol. The number of fused-ring (bicyclic) bond motifs is 1. The zero-order valence-corrected chi connectivity index (χ0v) is 15.5. The first kappa shape index (κ1) is 18.1. The van der Waals surface area contributed by atoms with Crippen molar-refractivity contribution in [3.63, 3.8) is 0 Å². The van der Waals surface area contributed by atoms with Gasteiger partial charge in [-0.2, -0.15) is 0 Å². The zero-order valence-electron chi connectivity index (χ0n) is 14.8. The van der Waals surface area contributed by atoms with Crippen LogP contribution in [0.1, 0.15) is 30.9 Å². The van der Waals surface area contributed by atoms with Crippen LogP contribution >= 0.6 is 11.6 Å². The Kier molecular flexibility index (Phi) is 5.04. The van der Waals surface area contributed by atoms with E-state index in [9.17, 15) is 9.59 Å². The maximum Gasteiger partial charge on any atom is 0.323 e. The van der Waals surface area contributed by atoms with E-state index in [1.165, 1.54) is 0 Å². The Hall–Kier alpha value is -2.73. The minimum Gasteiger partial charge on any atom is -0.483 e. The molecule has 7 heteroatoms. The summed E-state index contributed by atoms with van der Waals surface area (Å²) in [6.07, 6.45) is 0. The molecule has 0 bridgehead atoms. The Bertz CT molecular complexity index is 1020. The molecule has 26 heavy (non-hydrogen) atoms. The molecule has 6 nitrogen and oxygen atoms in total. The summed E-state index contributed by atoms with van der Waals surface area (Å²) in [6, 6.07) is 8.86. The number of carbonyl (C=O) groups is 1. The largest absolute Gasteiger partial charge is 0.483 e. The van der Waals surface area contributed by atoms with E-state index in [0.29, 0.717) is 27.5 Å². The quantitative estimate of drug-likeness (QED) is 0.632. The van der Waals surface area contributed by atoms with Gasteiger partial charge in [0.2, 0.25) is 0 Å². The number of nitrogens with one attached hydrogen (secondary N) is 3. The first-order chi connectivity index (χ1) is 12.3. The Morgan fingerprint density at radius 2 is 1.92 bits per heavy atom. The fourth-order valence-electron chi connectivity index (χ4n) is 2.70. The minimum atomic E-state index is -0.287. The van der Waals surface area contributed by atoms with Crippen LogP contribution in [0, 0.1) is 6.92 Å². The van der Waals surface area contributed by atoms with Crippen molar-refractivity contribution < 1.29 is 9.53 Å². The normalized spacial score (nSPS) is 11.1. The molecule has 3 rings (SSSR count). The number of hydrogen-bond donors (Lipinski definition) is 3. The molecule has 2 aromatic carbocycles. The van der Waals surface area contributed by atoms with E-state index in [4.69, 9.17) is 16.3 Å². The Balaban J connectivity index is 1.70. The molecule has 1 aromatic heterocycles. The lowest BCUT2D eigenvalue weighted by molar-refractivity contribution is -0.118. The summed E-state index contributed by atoms with van der Waals surface area (Å²) in [4.78, 5) is 28.8. The second kappa shape index (κ2) is 7.25. The van der Waals surface area contributed by atoms with Crippen LogP contribution in [-0.2, 0) is 4.79 Å². The van der Waals surface area contributed by atoms with Gasteiger partial charge in [-0.3, -0.25) is 4.79 Å². The van der Waals surface area contributed by atoms with Gasteiger partial charge in [0.15, 0.2) is 6.61 Å².